The summed E-state index contributed by atoms with van der Waals surface area (Å²) in [6, 6.07) is 0. The summed E-state index contributed by atoms with van der Waals surface area (Å²) in [5.41, 5.74) is 0. The van der Waals surface area contributed by atoms with E-state index >= 15 is 0 Å². The predicted octanol–water partition coefficient (Wildman–Crippen LogP) is 4.21. The van der Waals surface area contributed by atoms with E-state index in [0.717, 1.165) is 36.4 Å². The minimum Gasteiger partial charge on any atom is -0.303 e. The molecule has 0 heterocycles. The first-order chi connectivity index (χ1) is 7.83. The van der Waals surface area contributed by atoms with Crippen molar-refractivity contribution in [2.75, 3.05) is 0 Å². The minimum atomic E-state index is 0.724. The first-order valence-corrected chi connectivity index (χ1v) is 7.27. The number of hydrogen-bond acceptors (Lipinski definition) is 1. The SMILES string of the molecule is CCCC1CC[C@@H]2C[C@H](CC=O)CC[C@@H]2C1. The van der Waals surface area contributed by atoms with Crippen molar-refractivity contribution in [3.8, 4) is 0 Å². The average Bonchev–Trinajstić information content (AvgIpc) is 2.30. The maximum absolute atomic E-state index is 10.6. The van der Waals surface area contributed by atoms with Crippen LogP contribution >= 0.6 is 0 Å². The zero-order valence-corrected chi connectivity index (χ0v) is 10.7. The van der Waals surface area contributed by atoms with E-state index in [2.05, 4.69) is 6.92 Å². The smallest absolute Gasteiger partial charge is 0.120 e. The fourth-order valence-electron chi connectivity index (χ4n) is 4.10. The second-order valence-corrected chi connectivity index (χ2v) is 6.07. The Balaban J connectivity index is 1.82. The van der Waals surface area contributed by atoms with Gasteiger partial charge >= 0.3 is 0 Å². The summed E-state index contributed by atoms with van der Waals surface area (Å²) in [6.45, 7) is 2.31. The second-order valence-electron chi connectivity index (χ2n) is 6.07. The van der Waals surface area contributed by atoms with Crippen molar-refractivity contribution in [2.45, 2.75) is 64.7 Å². The first-order valence-electron chi connectivity index (χ1n) is 7.27. The molecule has 92 valence electrons. The number of carbonyl (C=O) groups is 1. The monoisotopic (exact) mass is 222 g/mol. The molecule has 0 amide bonds. The molecule has 0 N–H and O–H groups in total. The normalized spacial score (nSPS) is 39.1. The second kappa shape index (κ2) is 5.84. The Morgan fingerprint density at radius 3 is 2.25 bits per heavy atom. The topological polar surface area (TPSA) is 17.1 Å². The Bertz CT molecular complexity index is 223. The molecule has 16 heavy (non-hydrogen) atoms. The summed E-state index contributed by atoms with van der Waals surface area (Å²) in [5, 5.41) is 0. The van der Waals surface area contributed by atoms with E-state index in [-0.39, 0.29) is 0 Å². The van der Waals surface area contributed by atoms with E-state index in [1.807, 2.05) is 0 Å². The van der Waals surface area contributed by atoms with Crippen molar-refractivity contribution in [1.29, 1.82) is 0 Å². The maximum atomic E-state index is 10.6. The Morgan fingerprint density at radius 2 is 1.62 bits per heavy atom. The average molecular weight is 222 g/mol. The van der Waals surface area contributed by atoms with Crippen LogP contribution in [0.2, 0.25) is 0 Å². The van der Waals surface area contributed by atoms with Crippen molar-refractivity contribution in [2.24, 2.45) is 23.7 Å². The standard InChI is InChI=1S/C15H26O/c1-2-3-12-4-6-15-11-13(8-9-16)5-7-14(15)10-12/h9,12-15H,2-8,10-11H2,1H3/t12?,13-,14+,15+/m0/s1. The lowest BCUT2D eigenvalue weighted by atomic mass is 9.64. The molecule has 0 saturated heterocycles. The van der Waals surface area contributed by atoms with Gasteiger partial charge in [0.25, 0.3) is 0 Å². The molecule has 0 aromatic rings. The molecule has 1 unspecified atom stereocenters. The zero-order valence-electron chi connectivity index (χ0n) is 10.7. The quantitative estimate of drug-likeness (QED) is 0.651. The predicted molar refractivity (Wildman–Crippen MR) is 67.3 cm³/mol. The van der Waals surface area contributed by atoms with Crippen LogP contribution in [0.1, 0.15) is 64.7 Å². The van der Waals surface area contributed by atoms with Crippen molar-refractivity contribution < 1.29 is 4.79 Å². The van der Waals surface area contributed by atoms with Crippen molar-refractivity contribution in [3.63, 3.8) is 0 Å². The first kappa shape index (κ1) is 12.1. The summed E-state index contributed by atoms with van der Waals surface area (Å²) in [7, 11) is 0. The molecule has 1 heteroatoms. The third-order valence-corrected chi connectivity index (χ3v) is 4.96. The highest BCUT2D eigenvalue weighted by Crippen LogP contribution is 2.46. The molecule has 0 bridgehead atoms. The molecule has 4 atom stereocenters. The van der Waals surface area contributed by atoms with Gasteiger partial charge in [-0.3, -0.25) is 0 Å². The van der Waals surface area contributed by atoms with E-state index in [1.165, 1.54) is 51.4 Å². The summed E-state index contributed by atoms with van der Waals surface area (Å²) >= 11 is 0. The third kappa shape index (κ3) is 2.87. The molecular formula is C15H26O. The van der Waals surface area contributed by atoms with Crippen LogP contribution in [0.3, 0.4) is 0 Å². The molecule has 2 saturated carbocycles. The van der Waals surface area contributed by atoms with Gasteiger partial charge < -0.3 is 4.79 Å². The van der Waals surface area contributed by atoms with Gasteiger partial charge in [0.1, 0.15) is 6.29 Å². The van der Waals surface area contributed by atoms with Gasteiger partial charge in [-0.05, 0) is 55.8 Å². The Morgan fingerprint density at radius 1 is 1.00 bits per heavy atom. The van der Waals surface area contributed by atoms with Gasteiger partial charge in [0.15, 0.2) is 0 Å². The van der Waals surface area contributed by atoms with E-state index < -0.39 is 0 Å². The van der Waals surface area contributed by atoms with Gasteiger partial charge in [0, 0.05) is 6.42 Å². The van der Waals surface area contributed by atoms with Gasteiger partial charge in [-0.25, -0.2) is 0 Å². The van der Waals surface area contributed by atoms with Crippen LogP contribution < -0.4 is 0 Å². The molecule has 2 aliphatic rings. The maximum Gasteiger partial charge on any atom is 0.120 e. The summed E-state index contributed by atoms with van der Waals surface area (Å²) in [5.74, 6) is 3.72. The highest BCUT2D eigenvalue weighted by atomic mass is 16.1. The van der Waals surface area contributed by atoms with E-state index in [1.54, 1.807) is 0 Å². The zero-order chi connectivity index (χ0) is 11.4. The molecule has 0 aromatic carbocycles. The summed E-state index contributed by atoms with van der Waals surface area (Å²) in [6.07, 6.45) is 13.2. The van der Waals surface area contributed by atoms with E-state index in [0.29, 0.717) is 0 Å². The largest absolute Gasteiger partial charge is 0.303 e. The lowest BCUT2D eigenvalue weighted by Crippen LogP contribution is -2.31. The van der Waals surface area contributed by atoms with Crippen LogP contribution in [0.15, 0.2) is 0 Å². The fourth-order valence-corrected chi connectivity index (χ4v) is 4.10. The number of carbonyl (C=O) groups excluding carboxylic acids is 1. The fraction of sp³-hybridized carbons (Fsp3) is 0.933. The molecule has 1 nitrogen and oxygen atoms in total. The minimum absolute atomic E-state index is 0.724. The Kier molecular flexibility index (Phi) is 4.43. The number of rotatable bonds is 4. The molecule has 2 rings (SSSR count). The lowest BCUT2D eigenvalue weighted by Gasteiger charge is -2.42. The molecular weight excluding hydrogens is 196 g/mol. The highest BCUT2D eigenvalue weighted by Gasteiger charge is 2.34. The summed E-state index contributed by atoms with van der Waals surface area (Å²) in [4.78, 5) is 10.6. The van der Waals surface area contributed by atoms with E-state index in [4.69, 9.17) is 0 Å². The number of aldehydes is 1. The van der Waals surface area contributed by atoms with Gasteiger partial charge in [-0.2, -0.15) is 0 Å². The van der Waals surface area contributed by atoms with Crippen LogP contribution in [-0.2, 0) is 4.79 Å². The molecule has 2 aliphatic carbocycles. The Hall–Kier alpha value is -0.330. The molecule has 0 radical (unpaired) electrons. The van der Waals surface area contributed by atoms with Crippen molar-refractivity contribution in [1.82, 2.24) is 0 Å². The van der Waals surface area contributed by atoms with Crippen LogP contribution in [0, 0.1) is 23.7 Å². The molecule has 0 spiro atoms. The van der Waals surface area contributed by atoms with Crippen LogP contribution in [0.4, 0.5) is 0 Å². The number of fused-ring (bicyclic) bond motifs is 1. The molecule has 0 aromatic heterocycles. The van der Waals surface area contributed by atoms with Crippen molar-refractivity contribution in [3.05, 3.63) is 0 Å². The summed E-state index contributed by atoms with van der Waals surface area (Å²) < 4.78 is 0. The van der Waals surface area contributed by atoms with Crippen LogP contribution in [-0.4, -0.2) is 6.29 Å². The highest BCUT2D eigenvalue weighted by molar-refractivity contribution is 5.49. The lowest BCUT2D eigenvalue weighted by molar-refractivity contribution is -0.109. The van der Waals surface area contributed by atoms with Gasteiger partial charge in [0.2, 0.25) is 0 Å². The number of hydrogen-bond donors (Lipinski definition) is 0. The van der Waals surface area contributed by atoms with Crippen LogP contribution in [0.5, 0.6) is 0 Å². The van der Waals surface area contributed by atoms with Crippen LogP contribution in [0.25, 0.3) is 0 Å². The Labute approximate surface area is 100.0 Å². The van der Waals surface area contributed by atoms with Gasteiger partial charge in [0.05, 0.1) is 0 Å². The van der Waals surface area contributed by atoms with Gasteiger partial charge in [-0.1, -0.05) is 26.2 Å². The molecule has 2 fully saturated rings. The van der Waals surface area contributed by atoms with Crippen molar-refractivity contribution >= 4 is 6.29 Å². The van der Waals surface area contributed by atoms with Gasteiger partial charge in [-0.15, -0.1) is 0 Å². The molecule has 0 aliphatic heterocycles. The van der Waals surface area contributed by atoms with E-state index in [9.17, 15) is 4.79 Å². The third-order valence-electron chi connectivity index (χ3n) is 4.96.